The van der Waals surface area contributed by atoms with Crippen molar-refractivity contribution < 1.29 is 22.6 Å². The standard InChI is InChI=1S/C19H26N4O5S/c1-26-16-4-3-14(11-17(16)27-2)12-23-18(15-5-10-29(24,25)13-15)20-21-19(23)22-6-8-28-9-7-22/h3-4,11,15H,5-10,12-13H2,1-2H3. The molecule has 1 aromatic heterocycles. The van der Waals surface area contributed by atoms with Gasteiger partial charge in [-0.1, -0.05) is 6.07 Å². The van der Waals surface area contributed by atoms with Crippen LogP contribution < -0.4 is 14.4 Å². The van der Waals surface area contributed by atoms with Crippen LogP contribution in [-0.2, 0) is 21.1 Å². The van der Waals surface area contributed by atoms with E-state index in [0.29, 0.717) is 37.7 Å². The van der Waals surface area contributed by atoms with Gasteiger partial charge in [0.1, 0.15) is 5.82 Å². The first-order chi connectivity index (χ1) is 14.0. The Bertz CT molecular complexity index is 969. The molecule has 10 heteroatoms. The molecule has 3 heterocycles. The van der Waals surface area contributed by atoms with Gasteiger partial charge >= 0.3 is 0 Å². The highest BCUT2D eigenvalue weighted by molar-refractivity contribution is 7.91. The van der Waals surface area contributed by atoms with Crippen LogP contribution in [0, 0.1) is 0 Å². The Morgan fingerprint density at radius 3 is 2.55 bits per heavy atom. The molecule has 9 nitrogen and oxygen atoms in total. The van der Waals surface area contributed by atoms with Crippen molar-refractivity contribution in [3.05, 3.63) is 29.6 Å². The number of morpholine rings is 1. The fourth-order valence-corrected chi connectivity index (χ4v) is 5.66. The van der Waals surface area contributed by atoms with Crippen LogP contribution in [0.25, 0.3) is 0 Å². The average molecular weight is 423 g/mol. The molecule has 4 rings (SSSR count). The largest absolute Gasteiger partial charge is 0.493 e. The Morgan fingerprint density at radius 1 is 1.14 bits per heavy atom. The molecule has 0 radical (unpaired) electrons. The molecule has 0 bridgehead atoms. The predicted molar refractivity (Wildman–Crippen MR) is 108 cm³/mol. The molecule has 29 heavy (non-hydrogen) atoms. The number of hydrogen-bond donors (Lipinski definition) is 0. The second-order valence-corrected chi connectivity index (χ2v) is 9.56. The lowest BCUT2D eigenvalue weighted by Gasteiger charge is -2.28. The van der Waals surface area contributed by atoms with Crippen molar-refractivity contribution in [3.8, 4) is 11.5 Å². The number of nitrogens with zero attached hydrogens (tertiary/aromatic N) is 4. The van der Waals surface area contributed by atoms with E-state index in [9.17, 15) is 8.42 Å². The molecule has 2 aliphatic heterocycles. The summed E-state index contributed by atoms with van der Waals surface area (Å²) in [5, 5.41) is 8.86. The van der Waals surface area contributed by atoms with Crippen LogP contribution in [0.1, 0.15) is 23.7 Å². The van der Waals surface area contributed by atoms with Gasteiger partial charge in [-0.05, 0) is 24.1 Å². The molecular weight excluding hydrogens is 396 g/mol. The minimum atomic E-state index is -3.02. The molecule has 0 saturated carbocycles. The third-order valence-electron chi connectivity index (χ3n) is 5.44. The lowest BCUT2D eigenvalue weighted by atomic mass is 10.1. The van der Waals surface area contributed by atoms with Crippen LogP contribution in [0.3, 0.4) is 0 Å². The Labute approximate surface area is 170 Å². The zero-order valence-corrected chi connectivity index (χ0v) is 17.5. The summed E-state index contributed by atoms with van der Waals surface area (Å²) < 4.78 is 42.3. The summed E-state index contributed by atoms with van der Waals surface area (Å²) in [5.74, 6) is 2.98. The van der Waals surface area contributed by atoms with Crippen molar-refractivity contribution in [3.63, 3.8) is 0 Å². The summed E-state index contributed by atoms with van der Waals surface area (Å²) >= 11 is 0. The van der Waals surface area contributed by atoms with E-state index >= 15 is 0 Å². The minimum Gasteiger partial charge on any atom is -0.493 e. The number of methoxy groups -OCH3 is 2. The number of benzene rings is 1. The minimum absolute atomic E-state index is 0.125. The van der Waals surface area contributed by atoms with Crippen molar-refractivity contribution in [2.45, 2.75) is 18.9 Å². The maximum absolute atomic E-state index is 12.0. The third-order valence-corrected chi connectivity index (χ3v) is 7.21. The van der Waals surface area contributed by atoms with Gasteiger partial charge < -0.3 is 19.1 Å². The lowest BCUT2D eigenvalue weighted by Crippen LogP contribution is -2.38. The van der Waals surface area contributed by atoms with E-state index in [1.54, 1.807) is 14.2 Å². The lowest BCUT2D eigenvalue weighted by molar-refractivity contribution is 0.121. The van der Waals surface area contributed by atoms with Crippen LogP contribution in [0.15, 0.2) is 18.2 Å². The number of rotatable bonds is 6. The van der Waals surface area contributed by atoms with Crippen molar-refractivity contribution in [1.29, 1.82) is 0 Å². The predicted octanol–water partition coefficient (Wildman–Crippen LogP) is 1.08. The first-order valence-electron chi connectivity index (χ1n) is 9.68. The highest BCUT2D eigenvalue weighted by Crippen LogP contribution is 2.32. The van der Waals surface area contributed by atoms with E-state index in [4.69, 9.17) is 14.2 Å². The average Bonchev–Trinajstić information content (AvgIpc) is 3.31. The SMILES string of the molecule is COc1ccc(Cn2c(C3CCS(=O)(=O)C3)nnc2N2CCOCC2)cc1OC. The van der Waals surface area contributed by atoms with Gasteiger partial charge in [-0.2, -0.15) is 0 Å². The molecule has 158 valence electrons. The zero-order valence-electron chi connectivity index (χ0n) is 16.7. The third kappa shape index (κ3) is 4.18. The quantitative estimate of drug-likeness (QED) is 0.683. The molecule has 1 atom stereocenters. The molecule has 0 aliphatic carbocycles. The molecule has 1 aromatic carbocycles. The van der Waals surface area contributed by atoms with E-state index in [1.807, 2.05) is 22.8 Å². The normalized spacial score (nSPS) is 21.3. The molecule has 2 aliphatic rings. The van der Waals surface area contributed by atoms with Crippen LogP contribution in [-0.4, -0.2) is 75.2 Å². The van der Waals surface area contributed by atoms with E-state index in [1.165, 1.54) is 0 Å². The highest BCUT2D eigenvalue weighted by atomic mass is 32.2. The fraction of sp³-hybridized carbons (Fsp3) is 0.579. The molecule has 1 unspecified atom stereocenters. The number of ether oxygens (including phenoxy) is 3. The van der Waals surface area contributed by atoms with Crippen LogP contribution >= 0.6 is 0 Å². The number of sulfone groups is 1. The van der Waals surface area contributed by atoms with Gasteiger partial charge in [-0.15, -0.1) is 10.2 Å². The second-order valence-electron chi connectivity index (χ2n) is 7.33. The number of hydrogen-bond acceptors (Lipinski definition) is 8. The zero-order chi connectivity index (χ0) is 20.4. The smallest absolute Gasteiger partial charge is 0.227 e. The van der Waals surface area contributed by atoms with Crippen molar-refractivity contribution in [2.24, 2.45) is 0 Å². The molecule has 2 fully saturated rings. The summed E-state index contributed by atoms with van der Waals surface area (Å²) in [5.41, 5.74) is 0.999. The fourth-order valence-electron chi connectivity index (χ4n) is 3.92. The molecule has 0 N–H and O–H groups in total. The maximum atomic E-state index is 12.0. The Kier molecular flexibility index (Phi) is 5.64. The van der Waals surface area contributed by atoms with Crippen molar-refractivity contribution in [2.75, 3.05) is 56.9 Å². The van der Waals surface area contributed by atoms with Gasteiger partial charge in [0.15, 0.2) is 21.3 Å². The van der Waals surface area contributed by atoms with Gasteiger partial charge in [0.25, 0.3) is 0 Å². The Hall–Kier alpha value is -2.33. The van der Waals surface area contributed by atoms with Crippen LogP contribution in [0.2, 0.25) is 0 Å². The van der Waals surface area contributed by atoms with Crippen molar-refractivity contribution in [1.82, 2.24) is 14.8 Å². The van der Waals surface area contributed by atoms with Gasteiger partial charge in [0, 0.05) is 19.0 Å². The van der Waals surface area contributed by atoms with Crippen LogP contribution in [0.4, 0.5) is 5.95 Å². The van der Waals surface area contributed by atoms with E-state index in [0.717, 1.165) is 30.4 Å². The monoisotopic (exact) mass is 422 g/mol. The van der Waals surface area contributed by atoms with Crippen LogP contribution in [0.5, 0.6) is 11.5 Å². The molecule has 0 spiro atoms. The van der Waals surface area contributed by atoms with Gasteiger partial charge in [-0.3, -0.25) is 4.57 Å². The summed E-state index contributed by atoms with van der Waals surface area (Å²) in [4.78, 5) is 2.14. The second kappa shape index (κ2) is 8.19. The van der Waals surface area contributed by atoms with Gasteiger partial charge in [0.2, 0.25) is 5.95 Å². The summed E-state index contributed by atoms with van der Waals surface area (Å²) in [6.07, 6.45) is 0.579. The molecule has 2 aromatic rings. The summed E-state index contributed by atoms with van der Waals surface area (Å²) in [6.45, 7) is 3.25. The summed E-state index contributed by atoms with van der Waals surface area (Å²) in [6, 6.07) is 5.77. The Balaban J connectivity index is 1.70. The van der Waals surface area contributed by atoms with Crippen molar-refractivity contribution >= 4 is 15.8 Å². The molecule has 2 saturated heterocycles. The topological polar surface area (TPSA) is 95.8 Å². The molecule has 0 amide bonds. The van der Waals surface area contributed by atoms with E-state index in [2.05, 4.69) is 15.1 Å². The molecular formula is C19H26N4O5S. The van der Waals surface area contributed by atoms with Gasteiger partial charge in [0.05, 0.1) is 45.5 Å². The maximum Gasteiger partial charge on any atom is 0.227 e. The summed E-state index contributed by atoms with van der Waals surface area (Å²) in [7, 11) is 0.189. The van der Waals surface area contributed by atoms with E-state index in [-0.39, 0.29) is 17.4 Å². The van der Waals surface area contributed by atoms with E-state index < -0.39 is 9.84 Å². The highest BCUT2D eigenvalue weighted by Gasteiger charge is 2.34. The Morgan fingerprint density at radius 2 is 1.90 bits per heavy atom. The number of aromatic nitrogens is 3. The van der Waals surface area contributed by atoms with Gasteiger partial charge in [-0.25, -0.2) is 8.42 Å². The number of anilines is 1. The first kappa shape index (κ1) is 20.0. The first-order valence-corrected chi connectivity index (χ1v) is 11.5.